The summed E-state index contributed by atoms with van der Waals surface area (Å²) in [7, 11) is -9.80. The second-order valence-corrected chi connectivity index (χ2v) is 30.8. The maximum atomic E-state index is 13.0. The first-order chi connectivity index (χ1) is 52.2. The molecule has 0 aromatic carbocycles. The van der Waals surface area contributed by atoms with Gasteiger partial charge in [-0.3, -0.25) is 32.5 Å². The normalized spacial score (nSPS) is 14.6. The molecule has 0 aliphatic heterocycles. The van der Waals surface area contributed by atoms with Crippen molar-refractivity contribution in [2.45, 2.75) is 360 Å². The van der Waals surface area contributed by atoms with E-state index in [4.69, 9.17) is 32.3 Å². The number of carbonyl (C=O) groups excluding carboxylic acids is 3. The summed E-state index contributed by atoms with van der Waals surface area (Å²) in [4.78, 5) is 58.7. The predicted molar refractivity (Wildman–Crippen MR) is 445 cm³/mol. The molecular formula is C89H152O16P2. The van der Waals surface area contributed by atoms with Gasteiger partial charge in [-0.25, -0.2) is 9.13 Å². The van der Waals surface area contributed by atoms with Crippen LogP contribution >= 0.6 is 15.6 Å². The zero-order valence-electron chi connectivity index (χ0n) is 67.3. The van der Waals surface area contributed by atoms with Crippen LogP contribution < -0.4 is 0 Å². The molecule has 5 unspecified atom stereocenters. The van der Waals surface area contributed by atoms with Gasteiger partial charge < -0.3 is 34.2 Å². The molecule has 0 saturated heterocycles. The third kappa shape index (κ3) is 82.2. The van der Waals surface area contributed by atoms with E-state index in [1.807, 2.05) is 0 Å². The molecule has 0 aromatic heterocycles. The third-order valence-electron chi connectivity index (χ3n) is 17.5. The van der Waals surface area contributed by atoms with Gasteiger partial charge in [0, 0.05) is 19.3 Å². The Balaban J connectivity index is 4.45. The van der Waals surface area contributed by atoms with Gasteiger partial charge in [0.25, 0.3) is 0 Å². The van der Waals surface area contributed by atoms with Crippen LogP contribution in [0.2, 0.25) is 0 Å². The molecule has 614 valence electrons. The second kappa shape index (κ2) is 80.9. The number of aliphatic hydroxyl groups excluding tert-OH is 2. The van der Waals surface area contributed by atoms with E-state index in [0.717, 1.165) is 180 Å². The Morgan fingerprint density at radius 2 is 0.495 bits per heavy atom. The first-order valence-electron chi connectivity index (χ1n) is 42.1. The average molecular weight is 1540 g/mol. The van der Waals surface area contributed by atoms with E-state index >= 15 is 0 Å². The average Bonchev–Trinajstić information content (AvgIpc) is 0.907. The molecule has 16 nitrogen and oxygen atoms in total. The highest BCUT2D eigenvalue weighted by Gasteiger charge is 2.29. The Labute approximate surface area is 651 Å². The number of hydrogen-bond acceptors (Lipinski definition) is 14. The van der Waals surface area contributed by atoms with E-state index in [0.29, 0.717) is 19.3 Å². The van der Waals surface area contributed by atoms with Crippen molar-refractivity contribution >= 4 is 33.6 Å². The summed E-state index contributed by atoms with van der Waals surface area (Å²) >= 11 is 0. The molecule has 0 aliphatic carbocycles. The molecular weight excluding hydrogens is 1390 g/mol. The van der Waals surface area contributed by atoms with Crippen LogP contribution in [0.3, 0.4) is 0 Å². The fourth-order valence-corrected chi connectivity index (χ4v) is 12.8. The van der Waals surface area contributed by atoms with Crippen molar-refractivity contribution in [3.05, 3.63) is 146 Å². The van der Waals surface area contributed by atoms with Crippen molar-refractivity contribution in [2.75, 3.05) is 39.6 Å². The third-order valence-corrected chi connectivity index (χ3v) is 19.4. The van der Waals surface area contributed by atoms with Gasteiger partial charge >= 0.3 is 33.6 Å². The molecule has 0 aliphatic rings. The summed E-state index contributed by atoms with van der Waals surface area (Å²) in [5.41, 5.74) is 0. The number of phosphoric ester groups is 2. The van der Waals surface area contributed by atoms with Crippen molar-refractivity contribution < 1.29 is 75.8 Å². The van der Waals surface area contributed by atoms with Crippen LogP contribution in [-0.2, 0) is 55.8 Å². The number of rotatable bonds is 79. The Morgan fingerprint density at radius 3 is 0.785 bits per heavy atom. The highest BCUT2D eigenvalue weighted by Crippen LogP contribution is 2.45. The number of hydrogen-bond donors (Lipinski definition) is 4. The lowest BCUT2D eigenvalue weighted by atomic mass is 10.0. The summed E-state index contributed by atoms with van der Waals surface area (Å²) in [5.74, 6) is -1.60. The number of aliphatic hydroxyl groups is 2. The van der Waals surface area contributed by atoms with E-state index in [2.05, 4.69) is 167 Å². The first kappa shape index (κ1) is 102. The number of phosphoric acid groups is 2. The smallest absolute Gasteiger partial charge is 0.463 e. The van der Waals surface area contributed by atoms with Crippen LogP contribution in [0.4, 0.5) is 0 Å². The summed E-state index contributed by atoms with van der Waals surface area (Å²) in [6, 6.07) is 0. The number of allylic oxidation sites excluding steroid dienone is 24. The molecule has 0 saturated carbocycles. The lowest BCUT2D eigenvalue weighted by molar-refractivity contribution is -0.161. The molecule has 4 N–H and O–H groups in total. The van der Waals surface area contributed by atoms with Crippen molar-refractivity contribution in [3.8, 4) is 0 Å². The summed E-state index contributed by atoms with van der Waals surface area (Å²) in [6.45, 7) is 2.43. The molecule has 0 heterocycles. The first-order valence-corrected chi connectivity index (χ1v) is 45.1. The zero-order chi connectivity index (χ0) is 78.0. The number of carbonyl (C=O) groups is 3. The fourth-order valence-electron chi connectivity index (χ4n) is 11.2. The number of esters is 3. The van der Waals surface area contributed by atoms with Crippen molar-refractivity contribution in [1.82, 2.24) is 0 Å². The summed E-state index contributed by atoms with van der Waals surface area (Å²) < 4.78 is 61.2. The predicted octanol–water partition coefficient (Wildman–Crippen LogP) is 25.2. The maximum Gasteiger partial charge on any atom is 0.472 e. The Kier molecular flexibility index (Phi) is 77.5. The minimum absolute atomic E-state index is 0.0881. The van der Waals surface area contributed by atoms with E-state index in [9.17, 15) is 43.5 Å². The summed E-state index contributed by atoms with van der Waals surface area (Å²) in [6.07, 6.45) is 100. The molecule has 0 amide bonds. The topological polar surface area (TPSA) is 231 Å². The molecule has 0 fully saturated rings. The number of unbranched alkanes of at least 4 members (excludes halogenated alkanes) is 32. The summed E-state index contributed by atoms with van der Waals surface area (Å²) in [5, 5.41) is 20.7. The fraction of sp³-hybridized carbons (Fsp3) is 0.697. The van der Waals surface area contributed by atoms with Crippen molar-refractivity contribution in [1.29, 1.82) is 0 Å². The second-order valence-electron chi connectivity index (χ2n) is 27.9. The standard InChI is InChI=1S/C89H152O16P2/c1-4-7-10-13-16-19-22-25-28-31-33-34-35-36-37-38-39-40-41-42-43-44-45-46-47-48-50-53-54-57-60-63-66-69-72-75-87(92)99-78-84(90)79-101-106(95,96)102-80-85(91)81-103-107(97,98)104-83-86(105-89(94)77-74-71-68-65-62-59-56-51-30-27-24-21-18-15-12-9-6-3)82-100-88(93)76-73-70-67-64-61-58-55-52-49-32-29-26-23-20-17-14-11-8-5-2/h7,9-10,12,16-21,25-30,33-34,36-37,39-40,49,52,84-86,90-91H,4-6,8,11,13-15,22-24,31-32,35,38,41-48,50-51,53-83H2,1-3H3,(H,95,96)(H,97,98)/b10-7-,12-9-,19-16-,20-17-,21-18-,28-25-,29-26-,30-27-,34-33-,37-36-,40-39-,52-49-. The van der Waals surface area contributed by atoms with Gasteiger partial charge in [0.2, 0.25) is 0 Å². The lowest BCUT2D eigenvalue weighted by Gasteiger charge is -2.21. The molecule has 5 atom stereocenters. The van der Waals surface area contributed by atoms with Gasteiger partial charge in [-0.05, 0) is 141 Å². The van der Waals surface area contributed by atoms with Gasteiger partial charge in [-0.1, -0.05) is 327 Å². The quantitative estimate of drug-likeness (QED) is 0.0146. The lowest BCUT2D eigenvalue weighted by Crippen LogP contribution is -2.30. The van der Waals surface area contributed by atoms with E-state index in [1.165, 1.54) is 103 Å². The zero-order valence-corrected chi connectivity index (χ0v) is 69.1. The molecule has 0 bridgehead atoms. The van der Waals surface area contributed by atoms with E-state index in [-0.39, 0.29) is 19.3 Å². The largest absolute Gasteiger partial charge is 0.472 e. The monoisotopic (exact) mass is 1540 g/mol. The van der Waals surface area contributed by atoms with Crippen LogP contribution in [0, 0.1) is 0 Å². The van der Waals surface area contributed by atoms with Crippen LogP contribution in [0.15, 0.2) is 146 Å². The molecule has 0 radical (unpaired) electrons. The van der Waals surface area contributed by atoms with Crippen LogP contribution in [0.5, 0.6) is 0 Å². The Hall–Kier alpha value is -4.57. The molecule has 18 heteroatoms. The van der Waals surface area contributed by atoms with Crippen molar-refractivity contribution in [3.63, 3.8) is 0 Å². The molecule has 107 heavy (non-hydrogen) atoms. The van der Waals surface area contributed by atoms with Gasteiger partial charge in [-0.2, -0.15) is 0 Å². The molecule has 0 rings (SSSR count). The van der Waals surface area contributed by atoms with Crippen LogP contribution in [-0.4, -0.2) is 95.9 Å². The molecule has 0 aromatic rings. The van der Waals surface area contributed by atoms with Crippen molar-refractivity contribution in [2.24, 2.45) is 0 Å². The van der Waals surface area contributed by atoms with Gasteiger partial charge in [0.15, 0.2) is 6.10 Å². The van der Waals surface area contributed by atoms with E-state index < -0.39 is 91.5 Å². The minimum atomic E-state index is -4.94. The van der Waals surface area contributed by atoms with Crippen LogP contribution in [0.1, 0.15) is 342 Å². The highest BCUT2D eigenvalue weighted by atomic mass is 31.2. The van der Waals surface area contributed by atoms with E-state index in [1.54, 1.807) is 0 Å². The molecule has 0 spiro atoms. The Bertz CT molecular complexity index is 2530. The van der Waals surface area contributed by atoms with Gasteiger partial charge in [0.1, 0.15) is 25.4 Å². The Morgan fingerprint density at radius 1 is 0.271 bits per heavy atom. The number of ether oxygens (including phenoxy) is 3. The van der Waals surface area contributed by atoms with Crippen LogP contribution in [0.25, 0.3) is 0 Å². The van der Waals surface area contributed by atoms with Gasteiger partial charge in [-0.15, -0.1) is 0 Å². The minimum Gasteiger partial charge on any atom is -0.463 e. The maximum absolute atomic E-state index is 13.0. The highest BCUT2D eigenvalue weighted by molar-refractivity contribution is 7.47. The van der Waals surface area contributed by atoms with Gasteiger partial charge in [0.05, 0.1) is 26.4 Å². The SMILES string of the molecule is CC/C=C\C/C=C\C/C=C\C/C=C\C/C=C\C/C=C\CCCCCCCCCCCCCCCCCCC(=O)OCC(O)COP(=O)(O)OCC(O)COP(=O)(O)OCC(COC(=O)CCCCCCCC/C=C\C/C=C\C/C=C\CCCCC)OC(=O)CCCCCCCCC/C=C\C/C=C\C/C=C\CC.